The van der Waals surface area contributed by atoms with E-state index >= 15 is 0 Å². The molecule has 0 saturated carbocycles. The summed E-state index contributed by atoms with van der Waals surface area (Å²) in [5.41, 5.74) is 3.06. The van der Waals surface area contributed by atoms with E-state index in [9.17, 15) is 14.7 Å². The molecule has 1 saturated heterocycles. The normalized spacial score (nSPS) is 15.0. The summed E-state index contributed by atoms with van der Waals surface area (Å²) in [6.45, 7) is 1.86. The van der Waals surface area contributed by atoms with Crippen LogP contribution >= 0.6 is 11.6 Å². The van der Waals surface area contributed by atoms with Crippen LogP contribution in [0.25, 0.3) is 10.9 Å². The molecule has 8 heteroatoms. The van der Waals surface area contributed by atoms with Crippen molar-refractivity contribution in [2.24, 2.45) is 0 Å². The number of hydrogen-bond acceptors (Lipinski definition) is 4. The van der Waals surface area contributed by atoms with Gasteiger partial charge in [-0.05, 0) is 48.2 Å². The lowest BCUT2D eigenvalue weighted by atomic mass is 9.96. The van der Waals surface area contributed by atoms with Crippen LogP contribution in [0.1, 0.15) is 40.2 Å². The van der Waals surface area contributed by atoms with E-state index in [2.05, 4.69) is 5.32 Å². The van der Waals surface area contributed by atoms with E-state index in [1.807, 2.05) is 65.7 Å². The van der Waals surface area contributed by atoms with Crippen molar-refractivity contribution in [1.82, 2.24) is 20.0 Å². The van der Waals surface area contributed by atoms with E-state index in [1.165, 1.54) is 0 Å². The highest BCUT2D eigenvalue weighted by atomic mass is 35.5. The molecule has 3 aromatic carbocycles. The lowest BCUT2D eigenvalue weighted by molar-refractivity contribution is -0.135. The first-order valence-electron chi connectivity index (χ1n) is 12.5. The van der Waals surface area contributed by atoms with Crippen LogP contribution in [0.4, 0.5) is 0 Å². The summed E-state index contributed by atoms with van der Waals surface area (Å²) in [5.74, 6) is -0.550. The second-order valence-electron chi connectivity index (χ2n) is 9.46. The fourth-order valence-electron chi connectivity index (χ4n) is 4.74. The summed E-state index contributed by atoms with van der Waals surface area (Å²) in [4.78, 5) is 28.1. The molecular formula is C29H29ClN4O3. The van der Waals surface area contributed by atoms with Gasteiger partial charge >= 0.3 is 0 Å². The van der Waals surface area contributed by atoms with Crippen molar-refractivity contribution in [2.45, 2.75) is 38.0 Å². The van der Waals surface area contributed by atoms with E-state index in [0.29, 0.717) is 55.1 Å². The van der Waals surface area contributed by atoms with Crippen molar-refractivity contribution in [2.75, 3.05) is 13.1 Å². The SMILES string of the molecule is O=C(NCc1cccc(Cl)c1)c1ccc2cn(CC(C(=O)N3CCC(O)CC3)c3ccccc3)nc2c1. The Morgan fingerprint density at radius 3 is 2.57 bits per heavy atom. The van der Waals surface area contributed by atoms with Crippen molar-refractivity contribution in [3.8, 4) is 0 Å². The number of benzene rings is 3. The van der Waals surface area contributed by atoms with Crippen molar-refractivity contribution < 1.29 is 14.7 Å². The standard InChI is InChI=1S/C29H29ClN4O3/c30-24-8-4-5-20(15-24)17-31-28(36)22-9-10-23-18-34(32-27(23)16-22)19-26(21-6-2-1-3-7-21)29(37)33-13-11-25(35)12-14-33/h1-10,15-16,18,25-26,35H,11-14,17,19H2,(H,31,36). The molecule has 0 bridgehead atoms. The average Bonchev–Trinajstić information content (AvgIpc) is 3.33. The monoisotopic (exact) mass is 516 g/mol. The van der Waals surface area contributed by atoms with Gasteiger partial charge in [0.05, 0.1) is 24.1 Å². The van der Waals surface area contributed by atoms with E-state index in [-0.39, 0.29) is 17.9 Å². The summed E-state index contributed by atoms with van der Waals surface area (Å²) < 4.78 is 1.78. The number of halogens is 1. The quantitative estimate of drug-likeness (QED) is 0.381. The predicted molar refractivity (Wildman–Crippen MR) is 143 cm³/mol. The highest BCUT2D eigenvalue weighted by Crippen LogP contribution is 2.24. The molecule has 7 nitrogen and oxygen atoms in total. The zero-order chi connectivity index (χ0) is 25.8. The van der Waals surface area contributed by atoms with Gasteiger partial charge in [0.1, 0.15) is 0 Å². The molecule has 190 valence electrons. The second kappa shape index (κ2) is 11.2. The maximum atomic E-state index is 13.5. The van der Waals surface area contributed by atoms with Crippen molar-refractivity contribution in [1.29, 1.82) is 0 Å². The molecule has 1 aliphatic rings. The number of nitrogens with one attached hydrogen (secondary N) is 1. The molecule has 1 aliphatic heterocycles. The molecule has 2 amide bonds. The molecule has 2 N–H and O–H groups in total. The number of likely N-dealkylation sites (tertiary alicyclic amines) is 1. The summed E-state index contributed by atoms with van der Waals surface area (Å²) in [7, 11) is 0. The van der Waals surface area contributed by atoms with Crippen LogP contribution in [0.3, 0.4) is 0 Å². The van der Waals surface area contributed by atoms with Crippen molar-refractivity contribution in [3.63, 3.8) is 0 Å². The van der Waals surface area contributed by atoms with Gasteiger partial charge in [-0.15, -0.1) is 0 Å². The van der Waals surface area contributed by atoms with Gasteiger partial charge in [0.2, 0.25) is 5.91 Å². The number of rotatable bonds is 7. The smallest absolute Gasteiger partial charge is 0.251 e. The van der Waals surface area contributed by atoms with Crippen LogP contribution in [0, 0.1) is 0 Å². The molecule has 1 atom stereocenters. The average molecular weight is 517 g/mol. The molecule has 0 aliphatic carbocycles. The fraction of sp³-hybridized carbons (Fsp3) is 0.276. The number of piperidine rings is 1. The number of carbonyl (C=O) groups excluding carboxylic acids is 2. The Bertz CT molecular complexity index is 1400. The number of aliphatic hydroxyl groups excluding tert-OH is 1. The number of aromatic nitrogens is 2. The Hall–Kier alpha value is -3.68. The molecule has 2 heterocycles. The highest BCUT2D eigenvalue weighted by Gasteiger charge is 2.29. The first-order valence-corrected chi connectivity index (χ1v) is 12.9. The van der Waals surface area contributed by atoms with E-state index in [1.54, 1.807) is 22.9 Å². The molecule has 5 rings (SSSR count). The van der Waals surface area contributed by atoms with Gasteiger partial charge < -0.3 is 15.3 Å². The molecule has 0 spiro atoms. The van der Waals surface area contributed by atoms with Crippen molar-refractivity contribution in [3.05, 3.63) is 101 Å². The van der Waals surface area contributed by atoms with Gasteiger partial charge in [0.25, 0.3) is 5.91 Å². The minimum absolute atomic E-state index is 0.0405. The molecule has 1 aromatic heterocycles. The topological polar surface area (TPSA) is 87.5 Å². The van der Waals surface area contributed by atoms with E-state index in [4.69, 9.17) is 16.7 Å². The molecule has 1 unspecified atom stereocenters. The van der Waals surface area contributed by atoms with Crippen molar-refractivity contribution >= 4 is 34.3 Å². The van der Waals surface area contributed by atoms with Gasteiger partial charge in [-0.3, -0.25) is 14.3 Å². The van der Waals surface area contributed by atoms with Gasteiger partial charge in [0.15, 0.2) is 0 Å². The van der Waals surface area contributed by atoms with Crippen LogP contribution in [-0.4, -0.2) is 50.8 Å². The van der Waals surface area contributed by atoms with Gasteiger partial charge in [0, 0.05) is 41.8 Å². The maximum Gasteiger partial charge on any atom is 0.251 e. The first kappa shape index (κ1) is 25.0. The van der Waals surface area contributed by atoms with Gasteiger partial charge in [-0.2, -0.15) is 5.10 Å². The lowest BCUT2D eigenvalue weighted by Crippen LogP contribution is -2.43. The van der Waals surface area contributed by atoms with Crippen LogP contribution < -0.4 is 5.32 Å². The molecule has 37 heavy (non-hydrogen) atoms. The number of amides is 2. The Labute approximate surface area is 220 Å². The summed E-state index contributed by atoms with van der Waals surface area (Å²) in [6, 6.07) is 22.5. The number of aliphatic hydroxyl groups is 1. The minimum Gasteiger partial charge on any atom is -0.393 e. The number of hydrogen-bond donors (Lipinski definition) is 2. The van der Waals surface area contributed by atoms with Gasteiger partial charge in [-0.25, -0.2) is 0 Å². The maximum absolute atomic E-state index is 13.5. The highest BCUT2D eigenvalue weighted by molar-refractivity contribution is 6.30. The van der Waals surface area contributed by atoms with E-state index in [0.717, 1.165) is 16.5 Å². The third-order valence-corrected chi connectivity index (χ3v) is 7.04. The Morgan fingerprint density at radius 2 is 1.81 bits per heavy atom. The molecule has 0 radical (unpaired) electrons. The predicted octanol–water partition coefficient (Wildman–Crippen LogP) is 4.39. The van der Waals surface area contributed by atoms with E-state index < -0.39 is 5.92 Å². The number of carbonyl (C=O) groups is 2. The second-order valence-corrected chi connectivity index (χ2v) is 9.89. The van der Waals surface area contributed by atoms with Crippen LogP contribution in [0.2, 0.25) is 5.02 Å². The zero-order valence-electron chi connectivity index (χ0n) is 20.4. The largest absolute Gasteiger partial charge is 0.393 e. The lowest BCUT2D eigenvalue weighted by Gasteiger charge is -2.32. The van der Waals surface area contributed by atoms with Gasteiger partial charge in [-0.1, -0.05) is 60.1 Å². The third-order valence-electron chi connectivity index (χ3n) is 6.80. The third kappa shape index (κ3) is 6.01. The Balaban J connectivity index is 1.33. The molecular weight excluding hydrogens is 488 g/mol. The summed E-state index contributed by atoms with van der Waals surface area (Å²) in [5, 5.41) is 19.0. The fourth-order valence-corrected chi connectivity index (χ4v) is 4.95. The summed E-state index contributed by atoms with van der Waals surface area (Å²) in [6.07, 6.45) is 2.77. The Morgan fingerprint density at radius 1 is 1.03 bits per heavy atom. The first-order chi connectivity index (χ1) is 18.0. The van der Waals surface area contributed by atoms with Crippen LogP contribution in [0.15, 0.2) is 79.0 Å². The minimum atomic E-state index is -0.397. The molecule has 1 fully saturated rings. The number of fused-ring (bicyclic) bond motifs is 1. The number of nitrogens with zero attached hydrogens (tertiary/aromatic N) is 3. The summed E-state index contributed by atoms with van der Waals surface area (Å²) >= 11 is 6.03. The molecule has 4 aromatic rings. The van der Waals surface area contributed by atoms with Crippen LogP contribution in [0.5, 0.6) is 0 Å². The van der Waals surface area contributed by atoms with Crippen LogP contribution in [-0.2, 0) is 17.9 Å². The zero-order valence-corrected chi connectivity index (χ0v) is 21.1. The Kier molecular flexibility index (Phi) is 7.53.